The zero-order chi connectivity index (χ0) is 34.1. The standard InChI is InChI=1S/C38H43FN4O4/c1-25(44)24-41-36(45)34(21-28-15-19-33(39)20-16-28)42(3)38(47)35(43(4)37(46)32-12-8-11-31(23-32)26(2)40)22-27-13-17-30(18-14-27)29-9-6-5-7-10-29/h5-20,23,25-26,34-35,44H,21-22,24,40H2,1-4H3,(H,41,45)/t25-,26?,34-,35-/m1/s1. The normalized spacial score (nSPS) is 13.6. The van der Waals surface area contributed by atoms with Crippen LogP contribution in [0.1, 0.15) is 46.9 Å². The predicted molar refractivity (Wildman–Crippen MR) is 182 cm³/mol. The van der Waals surface area contributed by atoms with Gasteiger partial charge in [0, 0.05) is 45.1 Å². The summed E-state index contributed by atoms with van der Waals surface area (Å²) in [4.78, 5) is 44.5. The van der Waals surface area contributed by atoms with Crippen molar-refractivity contribution in [2.24, 2.45) is 5.73 Å². The summed E-state index contributed by atoms with van der Waals surface area (Å²) in [7, 11) is 3.11. The van der Waals surface area contributed by atoms with Gasteiger partial charge in [-0.1, -0.05) is 78.9 Å². The van der Waals surface area contributed by atoms with Crippen LogP contribution in [0.25, 0.3) is 11.1 Å². The van der Waals surface area contributed by atoms with Crippen molar-refractivity contribution in [2.75, 3.05) is 20.6 Å². The zero-order valence-electron chi connectivity index (χ0n) is 27.3. The molecule has 4 atom stereocenters. The van der Waals surface area contributed by atoms with Crippen LogP contribution in [0.5, 0.6) is 0 Å². The molecule has 0 fully saturated rings. The van der Waals surface area contributed by atoms with Crippen LogP contribution in [0, 0.1) is 5.82 Å². The number of nitrogens with one attached hydrogen (secondary N) is 1. The van der Waals surface area contributed by atoms with Gasteiger partial charge >= 0.3 is 0 Å². The number of hydrogen-bond acceptors (Lipinski definition) is 5. The molecule has 4 aromatic carbocycles. The van der Waals surface area contributed by atoms with E-state index in [-0.39, 0.29) is 31.3 Å². The third-order valence-electron chi connectivity index (χ3n) is 8.25. The predicted octanol–water partition coefficient (Wildman–Crippen LogP) is 4.76. The number of nitrogens with zero attached hydrogens (tertiary/aromatic N) is 2. The number of nitrogens with two attached hydrogens (primary N) is 1. The van der Waals surface area contributed by atoms with Gasteiger partial charge in [0.05, 0.1) is 6.10 Å². The highest BCUT2D eigenvalue weighted by Gasteiger charge is 2.35. The Balaban J connectivity index is 1.68. The molecule has 8 nitrogen and oxygen atoms in total. The van der Waals surface area contributed by atoms with E-state index in [0.717, 1.165) is 22.3 Å². The number of hydrogen-bond donors (Lipinski definition) is 3. The van der Waals surface area contributed by atoms with Crippen LogP contribution in [0.3, 0.4) is 0 Å². The smallest absolute Gasteiger partial charge is 0.254 e. The third kappa shape index (κ3) is 9.34. The van der Waals surface area contributed by atoms with Gasteiger partial charge in [-0.05, 0) is 65.9 Å². The lowest BCUT2D eigenvalue weighted by Gasteiger charge is -2.35. The quantitative estimate of drug-likeness (QED) is 0.195. The van der Waals surface area contributed by atoms with Gasteiger partial charge < -0.3 is 26.0 Å². The summed E-state index contributed by atoms with van der Waals surface area (Å²) in [6.07, 6.45) is -0.513. The molecule has 0 heterocycles. The van der Waals surface area contributed by atoms with E-state index in [1.54, 1.807) is 44.3 Å². The van der Waals surface area contributed by atoms with Gasteiger partial charge in [-0.3, -0.25) is 14.4 Å². The first-order valence-corrected chi connectivity index (χ1v) is 15.7. The van der Waals surface area contributed by atoms with Crippen molar-refractivity contribution < 1.29 is 23.9 Å². The summed E-state index contributed by atoms with van der Waals surface area (Å²) < 4.78 is 13.7. The topological polar surface area (TPSA) is 116 Å². The van der Waals surface area contributed by atoms with E-state index in [2.05, 4.69) is 5.32 Å². The van der Waals surface area contributed by atoms with Gasteiger partial charge in [-0.2, -0.15) is 0 Å². The molecule has 47 heavy (non-hydrogen) atoms. The zero-order valence-corrected chi connectivity index (χ0v) is 27.3. The number of carbonyl (C=O) groups is 3. The number of likely N-dealkylation sites (N-methyl/N-ethyl adjacent to an activating group) is 2. The van der Waals surface area contributed by atoms with Crippen LogP contribution in [0.15, 0.2) is 103 Å². The molecule has 0 radical (unpaired) electrons. The van der Waals surface area contributed by atoms with Crippen molar-refractivity contribution in [2.45, 2.75) is 50.9 Å². The first kappa shape index (κ1) is 35.0. The minimum Gasteiger partial charge on any atom is -0.392 e. The number of amides is 3. The highest BCUT2D eigenvalue weighted by atomic mass is 19.1. The molecule has 0 spiro atoms. The fraction of sp³-hybridized carbons (Fsp3) is 0.289. The van der Waals surface area contributed by atoms with Crippen molar-refractivity contribution in [3.63, 3.8) is 0 Å². The second-order valence-electron chi connectivity index (χ2n) is 12.0. The lowest BCUT2D eigenvalue weighted by atomic mass is 9.97. The lowest BCUT2D eigenvalue weighted by molar-refractivity contribution is -0.142. The first-order valence-electron chi connectivity index (χ1n) is 15.7. The van der Waals surface area contributed by atoms with Crippen LogP contribution >= 0.6 is 0 Å². The van der Waals surface area contributed by atoms with E-state index in [0.29, 0.717) is 11.1 Å². The molecule has 0 aliphatic heterocycles. The molecular weight excluding hydrogens is 595 g/mol. The SMILES string of the molecule is CC(N)c1cccc(C(=O)N(C)[C@H](Cc2ccc(-c3ccccc3)cc2)C(=O)N(C)[C@H](Cc2ccc(F)cc2)C(=O)NC[C@@H](C)O)c1. The van der Waals surface area contributed by atoms with Crippen molar-refractivity contribution in [1.82, 2.24) is 15.1 Å². The van der Waals surface area contributed by atoms with Crippen LogP contribution in [0.2, 0.25) is 0 Å². The Labute approximate surface area is 276 Å². The van der Waals surface area contributed by atoms with Gasteiger partial charge in [0.1, 0.15) is 17.9 Å². The van der Waals surface area contributed by atoms with Crippen LogP contribution in [-0.2, 0) is 22.4 Å². The Morgan fingerprint density at radius 3 is 1.94 bits per heavy atom. The van der Waals surface area contributed by atoms with Gasteiger partial charge in [-0.25, -0.2) is 4.39 Å². The molecule has 0 saturated heterocycles. The minimum atomic E-state index is -1.00. The van der Waals surface area contributed by atoms with E-state index >= 15 is 0 Å². The molecule has 0 saturated carbocycles. The van der Waals surface area contributed by atoms with Crippen molar-refractivity contribution in [3.8, 4) is 11.1 Å². The second kappa shape index (κ2) is 16.1. The molecule has 4 N–H and O–H groups in total. The number of carbonyl (C=O) groups excluding carboxylic acids is 3. The summed E-state index contributed by atoms with van der Waals surface area (Å²) in [5.74, 6) is -1.71. The molecule has 4 aromatic rings. The average molecular weight is 639 g/mol. The summed E-state index contributed by atoms with van der Waals surface area (Å²) in [5.41, 5.74) is 10.8. The molecule has 3 amide bonds. The Kier molecular flexibility index (Phi) is 12.0. The maximum absolute atomic E-state index is 14.4. The van der Waals surface area contributed by atoms with Crippen LogP contribution < -0.4 is 11.1 Å². The van der Waals surface area contributed by atoms with E-state index in [1.165, 1.54) is 29.0 Å². The fourth-order valence-electron chi connectivity index (χ4n) is 5.38. The highest BCUT2D eigenvalue weighted by Crippen LogP contribution is 2.23. The monoisotopic (exact) mass is 638 g/mol. The summed E-state index contributed by atoms with van der Waals surface area (Å²) >= 11 is 0. The van der Waals surface area contributed by atoms with E-state index in [1.807, 2.05) is 67.6 Å². The Morgan fingerprint density at radius 2 is 1.34 bits per heavy atom. The molecule has 4 rings (SSSR count). The van der Waals surface area contributed by atoms with Gasteiger partial charge in [0.2, 0.25) is 11.8 Å². The fourth-order valence-corrected chi connectivity index (χ4v) is 5.38. The molecule has 1 unspecified atom stereocenters. The van der Waals surface area contributed by atoms with E-state index in [4.69, 9.17) is 5.73 Å². The van der Waals surface area contributed by atoms with Crippen LogP contribution in [0.4, 0.5) is 4.39 Å². The van der Waals surface area contributed by atoms with Crippen molar-refractivity contribution in [1.29, 1.82) is 0 Å². The van der Waals surface area contributed by atoms with Crippen molar-refractivity contribution in [3.05, 3.63) is 131 Å². The Bertz CT molecular complexity index is 1640. The van der Waals surface area contributed by atoms with Gasteiger partial charge in [0.15, 0.2) is 0 Å². The number of aliphatic hydroxyl groups excluding tert-OH is 1. The molecule has 0 aliphatic carbocycles. The van der Waals surface area contributed by atoms with Crippen molar-refractivity contribution >= 4 is 17.7 Å². The average Bonchev–Trinajstić information content (AvgIpc) is 3.08. The highest BCUT2D eigenvalue weighted by molar-refractivity contribution is 5.98. The third-order valence-corrected chi connectivity index (χ3v) is 8.25. The van der Waals surface area contributed by atoms with E-state index in [9.17, 15) is 23.9 Å². The minimum absolute atomic E-state index is 0.00767. The second-order valence-corrected chi connectivity index (χ2v) is 12.0. The van der Waals surface area contributed by atoms with Crippen LogP contribution in [-0.4, -0.2) is 71.5 Å². The van der Waals surface area contributed by atoms with Gasteiger partial charge in [0.25, 0.3) is 5.91 Å². The number of aliphatic hydroxyl groups is 1. The Hall–Kier alpha value is -4.86. The molecule has 9 heteroatoms. The molecular formula is C38H43FN4O4. The van der Waals surface area contributed by atoms with Gasteiger partial charge in [-0.15, -0.1) is 0 Å². The number of rotatable bonds is 13. The maximum atomic E-state index is 14.4. The molecule has 0 aliphatic rings. The summed E-state index contributed by atoms with van der Waals surface area (Å²) in [6, 6.07) is 28.2. The summed E-state index contributed by atoms with van der Waals surface area (Å²) in [5, 5.41) is 12.5. The lowest BCUT2D eigenvalue weighted by Crippen LogP contribution is -2.56. The first-order chi connectivity index (χ1) is 22.4. The largest absolute Gasteiger partial charge is 0.392 e. The molecule has 0 aromatic heterocycles. The maximum Gasteiger partial charge on any atom is 0.254 e. The number of halogens is 1. The Morgan fingerprint density at radius 1 is 0.766 bits per heavy atom. The van der Waals surface area contributed by atoms with E-state index < -0.39 is 35.8 Å². The number of benzene rings is 4. The molecule has 0 bridgehead atoms. The summed E-state index contributed by atoms with van der Waals surface area (Å²) in [6.45, 7) is 3.37. The molecule has 246 valence electrons.